The van der Waals surface area contributed by atoms with Crippen molar-refractivity contribution in [3.05, 3.63) is 28.7 Å². The molecule has 5 heteroatoms. The molecule has 0 atom stereocenters. The van der Waals surface area contributed by atoms with Crippen LogP contribution in [0, 0.1) is 0 Å². The second kappa shape index (κ2) is 8.47. The van der Waals surface area contributed by atoms with Crippen LogP contribution < -0.4 is 10.5 Å². The van der Waals surface area contributed by atoms with Crippen LogP contribution >= 0.6 is 15.9 Å². The van der Waals surface area contributed by atoms with Crippen molar-refractivity contribution in [2.45, 2.75) is 19.3 Å². The summed E-state index contributed by atoms with van der Waals surface area (Å²) < 4.78 is 0.990. The van der Waals surface area contributed by atoms with E-state index in [1.807, 2.05) is 31.3 Å². The summed E-state index contributed by atoms with van der Waals surface area (Å²) in [5.74, 6) is 0. The number of para-hydroxylation sites is 1. The lowest BCUT2D eigenvalue weighted by Crippen LogP contribution is -2.28. The Morgan fingerprint density at radius 1 is 1.29 bits per heavy atom. The Labute approximate surface area is 111 Å². The molecule has 0 aromatic heterocycles. The van der Waals surface area contributed by atoms with Gasteiger partial charge in [-0.05, 0) is 47.3 Å². The van der Waals surface area contributed by atoms with Gasteiger partial charge in [-0.2, -0.15) is 10.4 Å². The number of nitrogens with zero attached hydrogens (tertiary/aromatic N) is 1. The zero-order chi connectivity index (χ0) is 12.5. The van der Waals surface area contributed by atoms with Crippen molar-refractivity contribution in [1.82, 2.24) is 5.48 Å². The van der Waals surface area contributed by atoms with Crippen LogP contribution in [0.25, 0.3) is 0 Å². The maximum atomic E-state index is 8.63. The zero-order valence-electron chi connectivity index (χ0n) is 10.0. The van der Waals surface area contributed by atoms with Crippen LogP contribution in [0.1, 0.15) is 19.3 Å². The van der Waals surface area contributed by atoms with Crippen LogP contribution in [0.4, 0.5) is 5.69 Å². The number of hydroxylamine groups is 2. The molecule has 0 saturated heterocycles. The number of hydrogen-bond donors (Lipinski definition) is 2. The quantitative estimate of drug-likeness (QED) is 0.572. The molecule has 0 fully saturated rings. The second-order valence-corrected chi connectivity index (χ2v) is 4.57. The Hall–Kier alpha value is -0.620. The minimum atomic E-state index is 0.262. The molecule has 0 saturated carbocycles. The Balaban J connectivity index is 2.21. The van der Waals surface area contributed by atoms with E-state index < -0.39 is 0 Å². The highest BCUT2D eigenvalue weighted by Crippen LogP contribution is 2.24. The third kappa shape index (κ3) is 5.50. The molecule has 0 heterocycles. The molecule has 96 valence electrons. The summed E-state index contributed by atoms with van der Waals surface area (Å²) in [6, 6.07) is 7.86. The van der Waals surface area contributed by atoms with Crippen LogP contribution in [0.5, 0.6) is 0 Å². The third-order valence-corrected chi connectivity index (χ3v) is 3.00. The summed E-state index contributed by atoms with van der Waals surface area (Å²) in [6.45, 7) is 1.03. The monoisotopic (exact) mass is 302 g/mol. The van der Waals surface area contributed by atoms with Gasteiger partial charge in [0.05, 0.1) is 5.69 Å². The molecule has 2 N–H and O–H groups in total. The van der Waals surface area contributed by atoms with Gasteiger partial charge in [-0.1, -0.05) is 12.1 Å². The molecule has 0 bridgehead atoms. The average molecular weight is 303 g/mol. The van der Waals surface area contributed by atoms with E-state index in [4.69, 9.17) is 10.0 Å². The highest BCUT2D eigenvalue weighted by Gasteiger charge is 2.04. The topological polar surface area (TPSA) is 44.7 Å². The number of halogens is 1. The van der Waals surface area contributed by atoms with Crippen molar-refractivity contribution < 1.29 is 10.0 Å². The standard InChI is InChI=1S/C12H19BrN2O2/c1-15(12-8-4-3-7-11(12)13)17-14-9-5-2-6-10-16/h3-4,7-8,14,16H,2,5-6,9-10H2,1H3. The van der Waals surface area contributed by atoms with E-state index >= 15 is 0 Å². The molecule has 0 spiro atoms. The molecule has 0 radical (unpaired) electrons. The van der Waals surface area contributed by atoms with Crippen LogP contribution in [0.2, 0.25) is 0 Å². The SMILES string of the molecule is CN(ONCCCCCO)c1ccccc1Br. The summed E-state index contributed by atoms with van der Waals surface area (Å²) in [5.41, 5.74) is 3.86. The Morgan fingerprint density at radius 3 is 2.76 bits per heavy atom. The van der Waals surface area contributed by atoms with E-state index in [2.05, 4.69) is 21.4 Å². The highest BCUT2D eigenvalue weighted by atomic mass is 79.9. The molecule has 0 aliphatic heterocycles. The summed E-state index contributed by atoms with van der Waals surface area (Å²) in [6.07, 6.45) is 2.84. The van der Waals surface area contributed by atoms with Crippen molar-refractivity contribution in [2.75, 3.05) is 25.3 Å². The number of hydrogen-bond acceptors (Lipinski definition) is 4. The molecule has 0 amide bonds. The van der Waals surface area contributed by atoms with Crippen LogP contribution in [0.15, 0.2) is 28.7 Å². The number of aliphatic hydroxyl groups is 1. The molecule has 1 aromatic rings. The second-order valence-electron chi connectivity index (χ2n) is 3.72. The minimum Gasteiger partial charge on any atom is -0.396 e. The number of benzene rings is 1. The van der Waals surface area contributed by atoms with E-state index in [9.17, 15) is 0 Å². The lowest BCUT2D eigenvalue weighted by molar-refractivity contribution is 0.0289. The van der Waals surface area contributed by atoms with Crippen molar-refractivity contribution in [1.29, 1.82) is 0 Å². The van der Waals surface area contributed by atoms with Gasteiger partial charge >= 0.3 is 0 Å². The molecule has 0 aliphatic carbocycles. The Kier molecular flexibility index (Phi) is 7.19. The first-order chi connectivity index (χ1) is 8.25. The summed E-state index contributed by atoms with van der Waals surface area (Å²) in [7, 11) is 1.85. The van der Waals surface area contributed by atoms with Gasteiger partial charge in [-0.25, -0.2) is 5.06 Å². The number of anilines is 1. The molecular formula is C12H19BrN2O2. The third-order valence-electron chi connectivity index (χ3n) is 2.33. The van der Waals surface area contributed by atoms with Crippen LogP contribution in [-0.4, -0.2) is 25.3 Å². The van der Waals surface area contributed by atoms with Crippen LogP contribution in [-0.2, 0) is 4.94 Å². The largest absolute Gasteiger partial charge is 0.396 e. The predicted molar refractivity (Wildman–Crippen MR) is 72.6 cm³/mol. The molecule has 1 rings (SSSR count). The number of aliphatic hydroxyl groups excluding tert-OH is 1. The summed E-state index contributed by atoms with van der Waals surface area (Å²) in [5, 5.41) is 10.3. The Morgan fingerprint density at radius 2 is 2.06 bits per heavy atom. The molecule has 0 aliphatic rings. The maximum Gasteiger partial charge on any atom is 0.0794 e. The smallest absolute Gasteiger partial charge is 0.0794 e. The van der Waals surface area contributed by atoms with Crippen molar-refractivity contribution in [3.63, 3.8) is 0 Å². The fourth-order valence-corrected chi connectivity index (χ4v) is 1.92. The molecule has 1 aromatic carbocycles. The van der Waals surface area contributed by atoms with Gasteiger partial charge in [0.2, 0.25) is 0 Å². The average Bonchev–Trinajstić information content (AvgIpc) is 2.34. The Bertz CT molecular complexity index is 323. The van der Waals surface area contributed by atoms with Gasteiger partial charge in [0.15, 0.2) is 0 Å². The highest BCUT2D eigenvalue weighted by molar-refractivity contribution is 9.10. The number of nitrogens with one attached hydrogen (secondary N) is 1. The van der Waals surface area contributed by atoms with E-state index in [1.165, 1.54) is 0 Å². The minimum absolute atomic E-state index is 0.262. The number of unbranched alkanes of at least 4 members (excludes halogenated alkanes) is 2. The van der Waals surface area contributed by atoms with E-state index in [-0.39, 0.29) is 6.61 Å². The fraction of sp³-hybridized carbons (Fsp3) is 0.500. The van der Waals surface area contributed by atoms with Gasteiger partial charge < -0.3 is 5.11 Å². The van der Waals surface area contributed by atoms with E-state index in [0.717, 1.165) is 36.0 Å². The van der Waals surface area contributed by atoms with Crippen LogP contribution in [0.3, 0.4) is 0 Å². The van der Waals surface area contributed by atoms with Gasteiger partial charge in [0.25, 0.3) is 0 Å². The summed E-state index contributed by atoms with van der Waals surface area (Å²) in [4.78, 5) is 5.38. The normalized spacial score (nSPS) is 10.5. The first kappa shape index (κ1) is 14.4. The van der Waals surface area contributed by atoms with Crippen molar-refractivity contribution >= 4 is 21.6 Å². The van der Waals surface area contributed by atoms with Gasteiger partial charge in [-0.15, -0.1) is 0 Å². The lowest BCUT2D eigenvalue weighted by Gasteiger charge is -2.19. The zero-order valence-corrected chi connectivity index (χ0v) is 11.6. The molecule has 17 heavy (non-hydrogen) atoms. The lowest BCUT2D eigenvalue weighted by atomic mass is 10.2. The van der Waals surface area contributed by atoms with E-state index in [0.29, 0.717) is 0 Å². The number of rotatable bonds is 8. The van der Waals surface area contributed by atoms with Gasteiger partial charge in [0.1, 0.15) is 0 Å². The van der Waals surface area contributed by atoms with Gasteiger partial charge in [0, 0.05) is 24.7 Å². The first-order valence-corrected chi connectivity index (χ1v) is 6.54. The van der Waals surface area contributed by atoms with Crippen molar-refractivity contribution in [2.24, 2.45) is 0 Å². The molecule has 0 unspecified atom stereocenters. The first-order valence-electron chi connectivity index (χ1n) is 5.74. The molecule has 4 nitrogen and oxygen atoms in total. The maximum absolute atomic E-state index is 8.63. The van der Waals surface area contributed by atoms with Crippen molar-refractivity contribution in [3.8, 4) is 0 Å². The predicted octanol–water partition coefficient (Wildman–Crippen LogP) is 2.48. The molecular weight excluding hydrogens is 284 g/mol. The van der Waals surface area contributed by atoms with E-state index in [1.54, 1.807) is 5.06 Å². The fourth-order valence-electron chi connectivity index (χ4n) is 1.38. The van der Waals surface area contributed by atoms with Gasteiger partial charge in [-0.3, -0.25) is 0 Å². The summed E-state index contributed by atoms with van der Waals surface area (Å²) >= 11 is 3.46.